The maximum Gasteiger partial charge on any atom is 0.223 e. The highest BCUT2D eigenvalue weighted by Crippen LogP contribution is 2.23. The van der Waals surface area contributed by atoms with E-state index in [1.165, 1.54) is 0 Å². The lowest BCUT2D eigenvalue weighted by Gasteiger charge is -2.38. The van der Waals surface area contributed by atoms with Crippen LogP contribution in [0.2, 0.25) is 0 Å². The summed E-state index contributed by atoms with van der Waals surface area (Å²) in [5.41, 5.74) is 0. The van der Waals surface area contributed by atoms with Gasteiger partial charge in [0.15, 0.2) is 0 Å². The maximum absolute atomic E-state index is 12.4. The number of aliphatic hydroxyl groups is 1. The van der Waals surface area contributed by atoms with Crippen molar-refractivity contribution in [2.75, 3.05) is 59.1 Å². The summed E-state index contributed by atoms with van der Waals surface area (Å²) >= 11 is 0. The highest BCUT2D eigenvalue weighted by molar-refractivity contribution is 5.78. The molecule has 0 saturated carbocycles. The number of nitrogens with zero attached hydrogens (tertiary/aromatic N) is 2. The van der Waals surface area contributed by atoms with E-state index in [2.05, 4.69) is 15.1 Å². The van der Waals surface area contributed by atoms with Crippen LogP contribution in [0.1, 0.15) is 38.5 Å². The van der Waals surface area contributed by atoms with Crippen molar-refractivity contribution >= 4 is 5.91 Å². The van der Waals surface area contributed by atoms with Crippen molar-refractivity contribution in [2.45, 2.75) is 44.6 Å². The van der Waals surface area contributed by atoms with Gasteiger partial charge in [-0.05, 0) is 64.1 Å². The predicted octanol–water partition coefficient (Wildman–Crippen LogP) is 0.698. The van der Waals surface area contributed by atoms with Crippen molar-refractivity contribution in [3.63, 3.8) is 0 Å². The zero-order valence-corrected chi connectivity index (χ0v) is 15.5. The van der Waals surface area contributed by atoms with Crippen LogP contribution in [0.15, 0.2) is 0 Å². The minimum Gasteiger partial charge on any atom is -0.396 e. The lowest BCUT2D eigenvalue weighted by Crippen LogP contribution is -2.47. The first-order chi connectivity index (χ1) is 12.3. The van der Waals surface area contributed by atoms with E-state index in [-0.39, 0.29) is 18.4 Å². The summed E-state index contributed by atoms with van der Waals surface area (Å²) in [6, 6.07) is 0.663. The fraction of sp³-hybridized carbons (Fsp3) is 0.947. The Balaban J connectivity index is 1.31. The number of nitrogens with one attached hydrogen (secondary N) is 1. The molecule has 0 spiro atoms. The number of amides is 1. The van der Waals surface area contributed by atoms with Crippen molar-refractivity contribution < 1.29 is 14.6 Å². The van der Waals surface area contributed by atoms with Gasteiger partial charge in [-0.1, -0.05) is 0 Å². The van der Waals surface area contributed by atoms with Crippen LogP contribution in [-0.4, -0.2) is 85.9 Å². The number of ether oxygens (including phenoxy) is 1. The minimum atomic E-state index is 0.183. The molecule has 0 aromatic carbocycles. The van der Waals surface area contributed by atoms with E-state index >= 15 is 0 Å². The normalized spacial score (nSPS) is 28.1. The van der Waals surface area contributed by atoms with Crippen molar-refractivity contribution in [3.05, 3.63) is 0 Å². The Kier molecular flexibility index (Phi) is 7.52. The second-order valence-electron chi connectivity index (χ2n) is 7.94. The van der Waals surface area contributed by atoms with Gasteiger partial charge in [0.1, 0.15) is 0 Å². The molecule has 2 N–H and O–H groups in total. The van der Waals surface area contributed by atoms with Crippen LogP contribution >= 0.6 is 0 Å². The van der Waals surface area contributed by atoms with Crippen LogP contribution < -0.4 is 5.32 Å². The van der Waals surface area contributed by atoms with E-state index in [1.54, 1.807) is 0 Å². The van der Waals surface area contributed by atoms with Crippen LogP contribution in [0.25, 0.3) is 0 Å². The SMILES string of the molecule is O=C(NCCN1CCC[C@@H](CO)C1)C1CCN(C2CCOCC2)CC1. The van der Waals surface area contributed by atoms with Crippen molar-refractivity contribution in [1.29, 1.82) is 0 Å². The zero-order chi connectivity index (χ0) is 17.5. The molecule has 3 aliphatic heterocycles. The van der Waals surface area contributed by atoms with Gasteiger partial charge in [-0.2, -0.15) is 0 Å². The second kappa shape index (κ2) is 9.86. The molecule has 3 heterocycles. The lowest BCUT2D eigenvalue weighted by atomic mass is 9.93. The van der Waals surface area contributed by atoms with Gasteiger partial charge in [-0.3, -0.25) is 4.79 Å². The summed E-state index contributed by atoms with van der Waals surface area (Å²) in [4.78, 5) is 17.4. The number of hydrogen-bond acceptors (Lipinski definition) is 5. The van der Waals surface area contributed by atoms with Crippen LogP contribution in [0.3, 0.4) is 0 Å². The van der Waals surface area contributed by atoms with E-state index in [4.69, 9.17) is 4.74 Å². The fourth-order valence-electron chi connectivity index (χ4n) is 4.56. The third-order valence-electron chi connectivity index (χ3n) is 6.20. The Labute approximate surface area is 151 Å². The summed E-state index contributed by atoms with van der Waals surface area (Å²) in [6.07, 6.45) is 6.54. The molecule has 25 heavy (non-hydrogen) atoms. The molecule has 0 unspecified atom stereocenters. The Bertz CT molecular complexity index is 407. The monoisotopic (exact) mass is 353 g/mol. The van der Waals surface area contributed by atoms with Gasteiger partial charge in [0.05, 0.1) is 0 Å². The standard InChI is InChI=1S/C19H35N3O3/c23-15-16-2-1-8-21(14-16)11-7-20-19(24)17-3-9-22(10-4-17)18-5-12-25-13-6-18/h16-18,23H,1-15H2,(H,20,24)/t16-/m1/s1. The molecule has 1 amide bonds. The number of rotatable bonds is 6. The molecule has 3 saturated heterocycles. The molecule has 3 rings (SSSR count). The second-order valence-corrected chi connectivity index (χ2v) is 7.94. The summed E-state index contributed by atoms with van der Waals surface area (Å²) in [5, 5.41) is 12.4. The van der Waals surface area contributed by atoms with Crippen molar-refractivity contribution in [3.8, 4) is 0 Å². The van der Waals surface area contributed by atoms with Crippen molar-refractivity contribution in [1.82, 2.24) is 15.1 Å². The molecular weight excluding hydrogens is 318 g/mol. The number of aliphatic hydroxyl groups excluding tert-OH is 1. The Morgan fingerprint density at radius 2 is 1.84 bits per heavy atom. The van der Waals surface area contributed by atoms with E-state index in [0.717, 1.165) is 91.0 Å². The molecule has 0 aliphatic carbocycles. The number of carbonyl (C=O) groups is 1. The summed E-state index contributed by atoms with van der Waals surface area (Å²) in [5.74, 6) is 0.837. The smallest absolute Gasteiger partial charge is 0.223 e. The predicted molar refractivity (Wildman–Crippen MR) is 97.4 cm³/mol. The summed E-state index contributed by atoms with van der Waals surface area (Å²) in [6.45, 7) is 7.86. The van der Waals surface area contributed by atoms with Crippen molar-refractivity contribution in [2.24, 2.45) is 11.8 Å². The zero-order valence-electron chi connectivity index (χ0n) is 15.5. The molecule has 0 bridgehead atoms. The van der Waals surface area contributed by atoms with Crippen LogP contribution in [0, 0.1) is 11.8 Å². The highest BCUT2D eigenvalue weighted by Gasteiger charge is 2.29. The average molecular weight is 354 g/mol. The lowest BCUT2D eigenvalue weighted by molar-refractivity contribution is -0.126. The number of likely N-dealkylation sites (tertiary alicyclic amines) is 2. The van der Waals surface area contributed by atoms with E-state index in [1.807, 2.05) is 0 Å². The fourth-order valence-corrected chi connectivity index (χ4v) is 4.56. The first-order valence-electron chi connectivity index (χ1n) is 10.2. The number of hydrogen-bond donors (Lipinski definition) is 2. The van der Waals surface area contributed by atoms with Crippen LogP contribution in [0.5, 0.6) is 0 Å². The van der Waals surface area contributed by atoms with E-state index < -0.39 is 0 Å². The Morgan fingerprint density at radius 3 is 2.56 bits per heavy atom. The average Bonchev–Trinajstić information content (AvgIpc) is 2.69. The topological polar surface area (TPSA) is 65.0 Å². The van der Waals surface area contributed by atoms with Crippen LogP contribution in [0.4, 0.5) is 0 Å². The first kappa shape index (κ1) is 19.1. The summed E-state index contributed by atoms with van der Waals surface area (Å²) < 4.78 is 5.45. The maximum atomic E-state index is 12.4. The minimum absolute atomic E-state index is 0.183. The van der Waals surface area contributed by atoms with Gasteiger partial charge in [-0.15, -0.1) is 0 Å². The third-order valence-corrected chi connectivity index (χ3v) is 6.20. The number of carbonyl (C=O) groups excluding carboxylic acids is 1. The molecule has 3 fully saturated rings. The van der Waals surface area contributed by atoms with E-state index in [0.29, 0.717) is 12.0 Å². The number of piperidine rings is 2. The van der Waals surface area contributed by atoms with Gasteiger partial charge in [-0.25, -0.2) is 0 Å². The molecular formula is C19H35N3O3. The molecule has 0 aromatic rings. The molecule has 6 nitrogen and oxygen atoms in total. The van der Waals surface area contributed by atoms with Gasteiger partial charge < -0.3 is 25.0 Å². The first-order valence-corrected chi connectivity index (χ1v) is 10.2. The molecule has 0 radical (unpaired) electrons. The molecule has 6 heteroatoms. The van der Waals surface area contributed by atoms with Gasteiger partial charge in [0.2, 0.25) is 5.91 Å². The van der Waals surface area contributed by atoms with E-state index in [9.17, 15) is 9.90 Å². The Hall–Kier alpha value is -0.690. The van der Waals surface area contributed by atoms with Gasteiger partial charge in [0, 0.05) is 51.4 Å². The molecule has 3 aliphatic rings. The van der Waals surface area contributed by atoms with Crippen LogP contribution in [-0.2, 0) is 9.53 Å². The third kappa shape index (κ3) is 5.64. The van der Waals surface area contributed by atoms with Gasteiger partial charge >= 0.3 is 0 Å². The quantitative estimate of drug-likeness (QED) is 0.736. The summed E-state index contributed by atoms with van der Waals surface area (Å²) in [7, 11) is 0. The molecule has 144 valence electrons. The van der Waals surface area contributed by atoms with Gasteiger partial charge in [0.25, 0.3) is 0 Å². The largest absolute Gasteiger partial charge is 0.396 e. The molecule has 1 atom stereocenters. The highest BCUT2D eigenvalue weighted by atomic mass is 16.5. The molecule has 0 aromatic heterocycles. The Morgan fingerprint density at radius 1 is 1.08 bits per heavy atom.